The highest BCUT2D eigenvalue weighted by Gasteiger charge is 2.16. The van der Waals surface area contributed by atoms with Crippen LogP contribution in [0.4, 0.5) is 11.4 Å². The molecule has 0 saturated carbocycles. The van der Waals surface area contributed by atoms with Gasteiger partial charge in [-0.15, -0.1) is 0 Å². The Balaban J connectivity index is 2.34. The van der Waals surface area contributed by atoms with E-state index in [4.69, 9.17) is 0 Å². The Morgan fingerprint density at radius 1 is 1.33 bits per heavy atom. The Morgan fingerprint density at radius 3 is 2.71 bits per heavy atom. The normalized spacial score (nSPS) is 10.2. The van der Waals surface area contributed by atoms with Gasteiger partial charge in [-0.1, -0.05) is 6.07 Å². The molecular formula is C14H10BrIN2O3. The first-order valence-electron chi connectivity index (χ1n) is 5.90. The summed E-state index contributed by atoms with van der Waals surface area (Å²) < 4.78 is 1.60. The average molecular weight is 461 g/mol. The van der Waals surface area contributed by atoms with Crippen molar-refractivity contribution in [3.8, 4) is 0 Å². The molecule has 0 spiro atoms. The molecule has 0 aromatic heterocycles. The monoisotopic (exact) mass is 460 g/mol. The van der Waals surface area contributed by atoms with Gasteiger partial charge in [0, 0.05) is 14.1 Å². The summed E-state index contributed by atoms with van der Waals surface area (Å²) in [4.78, 5) is 22.8. The van der Waals surface area contributed by atoms with E-state index in [1.807, 2.05) is 6.07 Å². The molecule has 7 heteroatoms. The molecule has 0 heterocycles. The van der Waals surface area contributed by atoms with Crippen molar-refractivity contribution in [2.45, 2.75) is 6.92 Å². The lowest BCUT2D eigenvalue weighted by molar-refractivity contribution is -0.385. The molecule has 0 aliphatic heterocycles. The third-order valence-corrected chi connectivity index (χ3v) is 4.29. The Bertz CT molecular complexity index is 734. The van der Waals surface area contributed by atoms with Gasteiger partial charge in [-0.2, -0.15) is 0 Å². The Hall–Kier alpha value is -1.48. The number of nitro groups is 1. The molecule has 0 unspecified atom stereocenters. The number of halogens is 2. The van der Waals surface area contributed by atoms with Crippen LogP contribution in [0.15, 0.2) is 40.9 Å². The molecule has 1 amide bonds. The Labute approximate surface area is 143 Å². The summed E-state index contributed by atoms with van der Waals surface area (Å²) in [6.07, 6.45) is 0. The van der Waals surface area contributed by atoms with Gasteiger partial charge in [0.25, 0.3) is 11.6 Å². The van der Waals surface area contributed by atoms with Gasteiger partial charge in [0.05, 0.1) is 21.7 Å². The van der Waals surface area contributed by atoms with Crippen LogP contribution in [0.25, 0.3) is 0 Å². The minimum absolute atomic E-state index is 0.0190. The van der Waals surface area contributed by atoms with Gasteiger partial charge in [0.1, 0.15) is 0 Å². The number of hydrogen-bond donors (Lipinski definition) is 1. The average Bonchev–Trinajstić information content (AvgIpc) is 2.43. The maximum atomic E-state index is 12.3. The standard InChI is InChI=1S/C14H10BrIN2O3/c1-8-12(3-2-4-13(8)18(20)21)17-14(19)10-7-9(16)5-6-11(10)15/h2-7H,1H3,(H,17,19). The second-order valence-corrected chi connectivity index (χ2v) is 6.39. The number of rotatable bonds is 3. The van der Waals surface area contributed by atoms with Crippen LogP contribution < -0.4 is 5.32 Å². The first kappa shape index (κ1) is 15.9. The molecule has 0 atom stereocenters. The van der Waals surface area contributed by atoms with Crippen LogP contribution in [-0.4, -0.2) is 10.8 Å². The highest BCUT2D eigenvalue weighted by molar-refractivity contribution is 14.1. The van der Waals surface area contributed by atoms with Crippen LogP contribution in [0, 0.1) is 20.6 Å². The molecule has 0 radical (unpaired) electrons. The zero-order valence-electron chi connectivity index (χ0n) is 10.9. The Morgan fingerprint density at radius 2 is 2.05 bits per heavy atom. The van der Waals surface area contributed by atoms with Gasteiger partial charge in [0.2, 0.25) is 0 Å². The summed E-state index contributed by atoms with van der Waals surface area (Å²) in [6.45, 7) is 1.61. The van der Waals surface area contributed by atoms with Crippen molar-refractivity contribution in [1.29, 1.82) is 0 Å². The van der Waals surface area contributed by atoms with E-state index >= 15 is 0 Å². The molecule has 2 aromatic rings. The molecule has 0 aliphatic rings. The van der Waals surface area contributed by atoms with Gasteiger partial charge in [-0.3, -0.25) is 14.9 Å². The molecule has 21 heavy (non-hydrogen) atoms. The lowest BCUT2D eigenvalue weighted by Gasteiger charge is -2.10. The fraction of sp³-hybridized carbons (Fsp3) is 0.0714. The molecule has 5 nitrogen and oxygen atoms in total. The Kier molecular flexibility index (Phi) is 4.94. The zero-order chi connectivity index (χ0) is 15.6. The van der Waals surface area contributed by atoms with Crippen molar-refractivity contribution >= 4 is 55.8 Å². The van der Waals surface area contributed by atoms with Gasteiger partial charge < -0.3 is 5.32 Å². The second kappa shape index (κ2) is 6.52. The van der Waals surface area contributed by atoms with E-state index < -0.39 is 4.92 Å². The van der Waals surface area contributed by atoms with E-state index in [2.05, 4.69) is 43.8 Å². The molecular weight excluding hydrogens is 451 g/mol. The van der Waals surface area contributed by atoms with Crippen LogP contribution >= 0.6 is 38.5 Å². The van der Waals surface area contributed by atoms with Crippen molar-refractivity contribution in [1.82, 2.24) is 0 Å². The second-order valence-electron chi connectivity index (χ2n) is 4.29. The third-order valence-electron chi connectivity index (χ3n) is 2.92. The van der Waals surface area contributed by atoms with E-state index in [0.717, 1.165) is 3.57 Å². The van der Waals surface area contributed by atoms with Crippen molar-refractivity contribution in [2.24, 2.45) is 0 Å². The smallest absolute Gasteiger partial charge is 0.274 e. The first-order chi connectivity index (χ1) is 9.90. The molecule has 0 fully saturated rings. The predicted octanol–water partition coefficient (Wildman–Crippen LogP) is 4.52. The zero-order valence-corrected chi connectivity index (χ0v) is 14.6. The maximum absolute atomic E-state index is 12.3. The highest BCUT2D eigenvalue weighted by atomic mass is 127. The van der Waals surface area contributed by atoms with Gasteiger partial charge in [0.15, 0.2) is 0 Å². The number of nitrogens with zero attached hydrogens (tertiary/aromatic N) is 1. The van der Waals surface area contributed by atoms with Gasteiger partial charge in [-0.25, -0.2) is 0 Å². The summed E-state index contributed by atoms with van der Waals surface area (Å²) in [7, 11) is 0. The summed E-state index contributed by atoms with van der Waals surface area (Å²) in [6, 6.07) is 10.0. The first-order valence-corrected chi connectivity index (χ1v) is 7.77. The lowest BCUT2D eigenvalue weighted by Crippen LogP contribution is -2.14. The van der Waals surface area contributed by atoms with Gasteiger partial charge >= 0.3 is 0 Å². The topological polar surface area (TPSA) is 72.2 Å². The predicted molar refractivity (Wildman–Crippen MR) is 92.6 cm³/mol. The number of hydrogen-bond acceptors (Lipinski definition) is 3. The number of amides is 1. The van der Waals surface area contributed by atoms with Crippen molar-refractivity contribution in [2.75, 3.05) is 5.32 Å². The maximum Gasteiger partial charge on any atom is 0.274 e. The molecule has 108 valence electrons. The van der Waals surface area contributed by atoms with Crippen LogP contribution in [0.3, 0.4) is 0 Å². The lowest BCUT2D eigenvalue weighted by atomic mass is 10.1. The largest absolute Gasteiger partial charge is 0.321 e. The van der Waals surface area contributed by atoms with Crippen LogP contribution in [0.1, 0.15) is 15.9 Å². The highest BCUT2D eigenvalue weighted by Crippen LogP contribution is 2.26. The molecule has 0 saturated heterocycles. The van der Waals surface area contributed by atoms with E-state index in [1.54, 1.807) is 31.2 Å². The number of nitrogens with one attached hydrogen (secondary N) is 1. The summed E-state index contributed by atoms with van der Waals surface area (Å²) in [5, 5.41) is 13.6. The number of benzene rings is 2. The van der Waals surface area contributed by atoms with E-state index in [9.17, 15) is 14.9 Å². The fourth-order valence-corrected chi connectivity index (χ4v) is 2.74. The number of carbonyl (C=O) groups is 1. The molecule has 2 aromatic carbocycles. The van der Waals surface area contributed by atoms with E-state index in [1.165, 1.54) is 6.07 Å². The third kappa shape index (κ3) is 3.59. The molecule has 1 N–H and O–H groups in total. The molecule has 2 rings (SSSR count). The van der Waals surface area contributed by atoms with Crippen LogP contribution in [0.5, 0.6) is 0 Å². The van der Waals surface area contributed by atoms with E-state index in [-0.39, 0.29) is 11.6 Å². The summed E-state index contributed by atoms with van der Waals surface area (Å²) >= 11 is 5.45. The SMILES string of the molecule is Cc1c(NC(=O)c2cc(I)ccc2Br)cccc1[N+](=O)[O-]. The van der Waals surface area contributed by atoms with Crippen LogP contribution in [-0.2, 0) is 0 Å². The fourth-order valence-electron chi connectivity index (χ4n) is 1.82. The summed E-state index contributed by atoms with van der Waals surface area (Å²) in [5.74, 6) is -0.316. The van der Waals surface area contributed by atoms with Crippen molar-refractivity contribution in [3.63, 3.8) is 0 Å². The number of nitro benzene ring substituents is 1. The number of carbonyl (C=O) groups excluding carboxylic acids is 1. The van der Waals surface area contributed by atoms with Crippen LogP contribution in [0.2, 0.25) is 0 Å². The minimum atomic E-state index is -0.466. The minimum Gasteiger partial charge on any atom is -0.321 e. The van der Waals surface area contributed by atoms with E-state index in [0.29, 0.717) is 21.3 Å². The quantitative estimate of drug-likeness (QED) is 0.415. The van der Waals surface area contributed by atoms with Gasteiger partial charge in [-0.05, 0) is 69.7 Å². The molecule has 0 bridgehead atoms. The molecule has 0 aliphatic carbocycles. The number of anilines is 1. The summed E-state index contributed by atoms with van der Waals surface area (Å²) in [5.41, 5.74) is 1.32. The van der Waals surface area contributed by atoms with Crippen molar-refractivity contribution < 1.29 is 9.72 Å². The van der Waals surface area contributed by atoms with Crippen molar-refractivity contribution in [3.05, 3.63) is 65.7 Å².